The monoisotopic (exact) mass is 404 g/mol. The van der Waals surface area contributed by atoms with Gasteiger partial charge in [0, 0.05) is 11.3 Å². The molecular formula is C23H20N2O3S. The Morgan fingerprint density at radius 2 is 1.69 bits per heavy atom. The second kappa shape index (κ2) is 8.41. The Kier molecular flexibility index (Phi) is 5.53. The lowest BCUT2D eigenvalue weighted by Gasteiger charge is -2.26. The summed E-state index contributed by atoms with van der Waals surface area (Å²) in [6.45, 7) is 0. The van der Waals surface area contributed by atoms with Crippen LogP contribution >= 0.6 is 11.8 Å². The minimum Gasteiger partial charge on any atom is -0.495 e. The number of thioether (sulfide) groups is 1. The van der Waals surface area contributed by atoms with Crippen molar-refractivity contribution in [1.29, 1.82) is 0 Å². The smallest absolute Gasteiger partial charge is 0.255 e. The Labute approximate surface area is 173 Å². The van der Waals surface area contributed by atoms with Crippen molar-refractivity contribution in [2.24, 2.45) is 0 Å². The number of hydrogen-bond donors (Lipinski definition) is 1. The second-order valence-electron chi connectivity index (χ2n) is 6.54. The Bertz CT molecular complexity index is 1020. The first-order valence-electron chi connectivity index (χ1n) is 9.20. The van der Waals surface area contributed by atoms with Crippen LogP contribution in [0, 0.1) is 0 Å². The molecule has 1 aliphatic rings. The van der Waals surface area contributed by atoms with Crippen molar-refractivity contribution in [3.63, 3.8) is 0 Å². The van der Waals surface area contributed by atoms with Gasteiger partial charge in [0.1, 0.15) is 11.1 Å². The number of hydrogen-bond acceptors (Lipinski definition) is 4. The summed E-state index contributed by atoms with van der Waals surface area (Å²) in [7, 11) is 1.60. The Morgan fingerprint density at radius 1 is 1.00 bits per heavy atom. The zero-order valence-electron chi connectivity index (χ0n) is 15.9. The summed E-state index contributed by atoms with van der Waals surface area (Å²) < 4.78 is 5.44. The molecule has 1 atom stereocenters. The predicted molar refractivity (Wildman–Crippen MR) is 117 cm³/mol. The molecule has 1 N–H and O–H groups in total. The molecule has 0 saturated carbocycles. The molecule has 2 amide bonds. The van der Waals surface area contributed by atoms with Crippen LogP contribution in [0.1, 0.15) is 21.3 Å². The second-order valence-corrected chi connectivity index (χ2v) is 7.61. The highest BCUT2D eigenvalue weighted by atomic mass is 32.2. The van der Waals surface area contributed by atoms with Crippen molar-refractivity contribution in [2.75, 3.05) is 23.1 Å². The highest BCUT2D eigenvalue weighted by Crippen LogP contribution is 2.44. The number of benzene rings is 3. The van der Waals surface area contributed by atoms with E-state index in [1.54, 1.807) is 35.9 Å². The maximum atomic E-state index is 12.6. The van der Waals surface area contributed by atoms with Crippen molar-refractivity contribution in [3.05, 3.63) is 90.0 Å². The molecule has 3 aromatic rings. The summed E-state index contributed by atoms with van der Waals surface area (Å²) in [4.78, 5) is 26.8. The summed E-state index contributed by atoms with van der Waals surface area (Å²) in [6.07, 6.45) is 0. The summed E-state index contributed by atoms with van der Waals surface area (Å²) in [6, 6.07) is 24.2. The Hall–Kier alpha value is -3.25. The minimum atomic E-state index is -0.167. The fourth-order valence-electron chi connectivity index (χ4n) is 3.28. The molecule has 4 rings (SSSR count). The van der Waals surface area contributed by atoms with Gasteiger partial charge in [-0.15, -0.1) is 11.8 Å². The van der Waals surface area contributed by atoms with Crippen LogP contribution in [0.5, 0.6) is 5.75 Å². The number of anilines is 2. The standard InChI is InChI=1S/C23H20N2O3S/c1-28-20-10-6-5-9-19(20)25-21(26)15-29-23(25)17-13-11-16(12-14-17)22(27)24-18-7-3-2-4-8-18/h2-14,23H,15H2,1H3,(H,24,27). The summed E-state index contributed by atoms with van der Waals surface area (Å²) >= 11 is 1.56. The maximum Gasteiger partial charge on any atom is 0.255 e. The third-order valence-corrected chi connectivity index (χ3v) is 5.91. The predicted octanol–water partition coefficient (Wildman–Crippen LogP) is 4.73. The lowest BCUT2D eigenvalue weighted by atomic mass is 10.1. The largest absolute Gasteiger partial charge is 0.495 e. The van der Waals surface area contributed by atoms with E-state index in [1.165, 1.54) is 0 Å². The third-order valence-electron chi connectivity index (χ3n) is 4.70. The van der Waals surface area contributed by atoms with Gasteiger partial charge in [-0.1, -0.05) is 42.5 Å². The molecule has 1 fully saturated rings. The minimum absolute atomic E-state index is 0.0374. The molecule has 29 heavy (non-hydrogen) atoms. The number of amides is 2. The van der Waals surface area contributed by atoms with Crippen LogP contribution in [-0.2, 0) is 4.79 Å². The fraction of sp³-hybridized carbons (Fsp3) is 0.130. The number of methoxy groups -OCH3 is 1. The van der Waals surface area contributed by atoms with E-state index in [9.17, 15) is 9.59 Å². The molecule has 1 aliphatic heterocycles. The SMILES string of the molecule is COc1ccccc1N1C(=O)CSC1c1ccc(C(=O)Nc2ccccc2)cc1. The third kappa shape index (κ3) is 3.98. The molecule has 0 spiro atoms. The molecule has 1 heterocycles. The normalized spacial score (nSPS) is 16.0. The molecule has 0 aliphatic carbocycles. The molecule has 3 aromatic carbocycles. The van der Waals surface area contributed by atoms with Gasteiger partial charge in [-0.25, -0.2) is 0 Å². The number of carbonyl (C=O) groups is 2. The van der Waals surface area contributed by atoms with Crippen molar-refractivity contribution >= 4 is 35.0 Å². The molecule has 0 radical (unpaired) electrons. The number of nitrogens with zero attached hydrogens (tertiary/aromatic N) is 1. The molecule has 5 nitrogen and oxygen atoms in total. The van der Waals surface area contributed by atoms with E-state index in [0.717, 1.165) is 16.9 Å². The van der Waals surface area contributed by atoms with Crippen molar-refractivity contribution in [1.82, 2.24) is 0 Å². The molecule has 1 unspecified atom stereocenters. The van der Waals surface area contributed by atoms with E-state index < -0.39 is 0 Å². The fourth-order valence-corrected chi connectivity index (χ4v) is 4.45. The van der Waals surface area contributed by atoms with Crippen LogP contribution < -0.4 is 15.0 Å². The van der Waals surface area contributed by atoms with Crippen LogP contribution in [0.2, 0.25) is 0 Å². The first-order chi connectivity index (χ1) is 14.2. The number of rotatable bonds is 5. The average molecular weight is 404 g/mol. The summed E-state index contributed by atoms with van der Waals surface area (Å²) in [5, 5.41) is 2.72. The van der Waals surface area contributed by atoms with Crippen molar-refractivity contribution < 1.29 is 14.3 Å². The summed E-state index contributed by atoms with van der Waals surface area (Å²) in [5.74, 6) is 0.931. The van der Waals surface area contributed by atoms with Gasteiger partial charge in [0.15, 0.2) is 0 Å². The number of ether oxygens (including phenoxy) is 1. The van der Waals surface area contributed by atoms with Crippen LogP contribution in [0.4, 0.5) is 11.4 Å². The summed E-state index contributed by atoms with van der Waals surface area (Å²) in [5.41, 5.74) is 3.03. The Morgan fingerprint density at radius 3 is 2.41 bits per heavy atom. The van der Waals surface area contributed by atoms with Crippen molar-refractivity contribution in [2.45, 2.75) is 5.37 Å². The van der Waals surface area contributed by atoms with Crippen LogP contribution in [-0.4, -0.2) is 24.7 Å². The number of carbonyl (C=O) groups excluding carboxylic acids is 2. The molecular weight excluding hydrogens is 384 g/mol. The van der Waals surface area contributed by atoms with Gasteiger partial charge >= 0.3 is 0 Å². The lowest BCUT2D eigenvalue weighted by molar-refractivity contribution is -0.115. The molecule has 6 heteroatoms. The quantitative estimate of drug-likeness (QED) is 0.668. The van der Waals surface area contributed by atoms with Gasteiger partial charge in [-0.3, -0.25) is 14.5 Å². The Balaban J connectivity index is 1.56. The van der Waals surface area contributed by atoms with Gasteiger partial charge in [-0.05, 0) is 42.0 Å². The molecule has 146 valence electrons. The van der Waals surface area contributed by atoms with E-state index in [-0.39, 0.29) is 17.2 Å². The van der Waals surface area contributed by atoms with Gasteiger partial charge < -0.3 is 10.1 Å². The molecule has 0 bridgehead atoms. The van der Waals surface area contributed by atoms with Crippen molar-refractivity contribution in [3.8, 4) is 5.75 Å². The van der Waals surface area contributed by atoms with Crippen LogP contribution in [0.25, 0.3) is 0 Å². The lowest BCUT2D eigenvalue weighted by Crippen LogP contribution is -2.28. The first kappa shape index (κ1) is 19.1. The zero-order valence-corrected chi connectivity index (χ0v) is 16.7. The first-order valence-corrected chi connectivity index (χ1v) is 10.3. The highest BCUT2D eigenvalue weighted by molar-refractivity contribution is 8.00. The average Bonchev–Trinajstić information content (AvgIpc) is 3.15. The van der Waals surface area contributed by atoms with Crippen LogP contribution in [0.3, 0.4) is 0 Å². The van der Waals surface area contributed by atoms with Gasteiger partial charge in [0.05, 0.1) is 18.6 Å². The number of para-hydroxylation sites is 3. The van der Waals surface area contributed by atoms with Gasteiger partial charge in [-0.2, -0.15) is 0 Å². The zero-order chi connectivity index (χ0) is 20.2. The van der Waals surface area contributed by atoms with E-state index in [2.05, 4.69) is 5.32 Å². The molecule has 1 saturated heterocycles. The van der Waals surface area contributed by atoms with Gasteiger partial charge in [0.2, 0.25) is 5.91 Å². The molecule has 0 aromatic heterocycles. The number of nitrogens with one attached hydrogen (secondary N) is 1. The van der Waals surface area contributed by atoms with Crippen LogP contribution in [0.15, 0.2) is 78.9 Å². The topological polar surface area (TPSA) is 58.6 Å². The van der Waals surface area contributed by atoms with E-state index in [0.29, 0.717) is 17.1 Å². The van der Waals surface area contributed by atoms with Gasteiger partial charge in [0.25, 0.3) is 5.91 Å². The van der Waals surface area contributed by atoms with E-state index in [4.69, 9.17) is 4.74 Å². The maximum absolute atomic E-state index is 12.6. The van der Waals surface area contributed by atoms with E-state index >= 15 is 0 Å². The highest BCUT2D eigenvalue weighted by Gasteiger charge is 2.35. The van der Waals surface area contributed by atoms with E-state index in [1.807, 2.05) is 66.7 Å².